The molecule has 0 radical (unpaired) electrons. The highest BCUT2D eigenvalue weighted by Crippen LogP contribution is 2.41. The number of Topliss-reactive ketones (excluding diaryl/α,β-unsaturated/α-hetero) is 1. The molecule has 0 unspecified atom stereocenters. The van der Waals surface area contributed by atoms with Crippen LogP contribution in [0.3, 0.4) is 0 Å². The zero-order chi connectivity index (χ0) is 14.9. The van der Waals surface area contributed by atoms with Crippen molar-refractivity contribution < 1.29 is 24.1 Å². The SMILES string of the molecule is COc1ccc(C(=O)C2(O)CCC3(CC2)OCCO3)cc1. The molecule has 21 heavy (non-hydrogen) atoms. The van der Waals surface area contributed by atoms with Gasteiger partial charge in [0.25, 0.3) is 0 Å². The topological polar surface area (TPSA) is 65.0 Å². The summed E-state index contributed by atoms with van der Waals surface area (Å²) in [4.78, 5) is 12.6. The Labute approximate surface area is 123 Å². The van der Waals surface area contributed by atoms with Crippen molar-refractivity contribution >= 4 is 5.78 Å². The van der Waals surface area contributed by atoms with E-state index in [-0.39, 0.29) is 5.78 Å². The van der Waals surface area contributed by atoms with E-state index in [4.69, 9.17) is 14.2 Å². The van der Waals surface area contributed by atoms with Crippen LogP contribution in [0.2, 0.25) is 0 Å². The lowest BCUT2D eigenvalue weighted by Crippen LogP contribution is -2.48. The first kappa shape index (κ1) is 14.5. The van der Waals surface area contributed by atoms with Gasteiger partial charge in [-0.2, -0.15) is 0 Å². The number of benzene rings is 1. The first-order chi connectivity index (χ1) is 10.1. The average Bonchev–Trinajstić information content (AvgIpc) is 2.99. The molecule has 5 heteroatoms. The van der Waals surface area contributed by atoms with Gasteiger partial charge in [0.1, 0.15) is 11.4 Å². The number of carbonyl (C=O) groups is 1. The Bertz CT molecular complexity index is 506. The Morgan fingerprint density at radius 1 is 1.10 bits per heavy atom. The number of ketones is 1. The van der Waals surface area contributed by atoms with Crippen LogP contribution in [0.25, 0.3) is 0 Å². The summed E-state index contributed by atoms with van der Waals surface area (Å²) >= 11 is 0. The summed E-state index contributed by atoms with van der Waals surface area (Å²) in [6, 6.07) is 6.83. The first-order valence-electron chi connectivity index (χ1n) is 7.26. The van der Waals surface area contributed by atoms with Gasteiger partial charge >= 0.3 is 0 Å². The molecule has 1 aliphatic heterocycles. The van der Waals surface area contributed by atoms with Crippen LogP contribution in [-0.4, -0.2) is 42.6 Å². The lowest BCUT2D eigenvalue weighted by atomic mass is 9.77. The van der Waals surface area contributed by atoms with Gasteiger partial charge in [-0.15, -0.1) is 0 Å². The van der Waals surface area contributed by atoms with Gasteiger partial charge in [-0.25, -0.2) is 0 Å². The average molecular weight is 292 g/mol. The molecule has 5 nitrogen and oxygen atoms in total. The fourth-order valence-corrected chi connectivity index (χ4v) is 3.07. The van der Waals surface area contributed by atoms with E-state index in [0.29, 0.717) is 50.2 Å². The maximum atomic E-state index is 12.6. The maximum absolute atomic E-state index is 12.6. The van der Waals surface area contributed by atoms with Crippen molar-refractivity contribution in [1.82, 2.24) is 0 Å². The minimum atomic E-state index is -1.32. The van der Waals surface area contributed by atoms with E-state index in [2.05, 4.69) is 0 Å². The fraction of sp³-hybridized carbons (Fsp3) is 0.562. The summed E-state index contributed by atoms with van der Waals surface area (Å²) in [5, 5.41) is 10.7. The Morgan fingerprint density at radius 3 is 2.19 bits per heavy atom. The van der Waals surface area contributed by atoms with Crippen LogP contribution in [0.5, 0.6) is 5.75 Å². The molecule has 0 bridgehead atoms. The number of hydrogen-bond acceptors (Lipinski definition) is 5. The summed E-state index contributed by atoms with van der Waals surface area (Å²) in [6.07, 6.45) is 1.81. The summed E-state index contributed by atoms with van der Waals surface area (Å²) in [6.45, 7) is 1.18. The molecule has 1 spiro atoms. The number of methoxy groups -OCH3 is 1. The van der Waals surface area contributed by atoms with Crippen LogP contribution < -0.4 is 4.74 Å². The second kappa shape index (κ2) is 5.40. The van der Waals surface area contributed by atoms with Crippen molar-refractivity contribution in [3.8, 4) is 5.75 Å². The molecule has 0 aromatic heterocycles. The molecule has 3 rings (SSSR count). The standard InChI is InChI=1S/C16H20O5/c1-19-13-4-2-12(3-5-13)14(17)15(18)6-8-16(9-7-15)20-10-11-21-16/h2-5,18H,6-11H2,1H3. The smallest absolute Gasteiger partial charge is 0.194 e. The third-order valence-electron chi connectivity index (χ3n) is 4.43. The Hall–Kier alpha value is -1.43. The molecule has 2 aliphatic rings. The predicted molar refractivity (Wildman–Crippen MR) is 75.4 cm³/mol. The van der Waals surface area contributed by atoms with Crippen LogP contribution in [-0.2, 0) is 9.47 Å². The minimum absolute atomic E-state index is 0.238. The van der Waals surface area contributed by atoms with Crippen molar-refractivity contribution in [1.29, 1.82) is 0 Å². The Morgan fingerprint density at radius 2 is 1.67 bits per heavy atom. The maximum Gasteiger partial charge on any atom is 0.194 e. The number of aliphatic hydroxyl groups is 1. The van der Waals surface area contributed by atoms with Crippen molar-refractivity contribution in [2.75, 3.05) is 20.3 Å². The number of ether oxygens (including phenoxy) is 3. The number of hydrogen-bond donors (Lipinski definition) is 1. The van der Waals surface area contributed by atoms with E-state index in [0.717, 1.165) is 0 Å². The van der Waals surface area contributed by atoms with Gasteiger partial charge in [0.2, 0.25) is 0 Å². The molecule has 1 heterocycles. The molecule has 1 saturated heterocycles. The summed E-state index contributed by atoms with van der Waals surface area (Å²) in [5.41, 5.74) is -0.822. The monoisotopic (exact) mass is 292 g/mol. The summed E-state index contributed by atoms with van der Waals surface area (Å²) in [7, 11) is 1.58. The van der Waals surface area contributed by atoms with Crippen molar-refractivity contribution in [3.05, 3.63) is 29.8 Å². The van der Waals surface area contributed by atoms with Crippen LogP contribution in [0.15, 0.2) is 24.3 Å². The van der Waals surface area contributed by atoms with E-state index in [1.165, 1.54) is 0 Å². The third-order valence-corrected chi connectivity index (χ3v) is 4.43. The third kappa shape index (κ3) is 2.69. The highest BCUT2D eigenvalue weighted by molar-refractivity contribution is 6.02. The number of carbonyl (C=O) groups excluding carboxylic acids is 1. The van der Waals surface area contributed by atoms with Crippen LogP contribution >= 0.6 is 0 Å². The second-order valence-electron chi connectivity index (χ2n) is 5.70. The highest BCUT2D eigenvalue weighted by Gasteiger charge is 2.48. The normalized spacial score (nSPS) is 23.1. The van der Waals surface area contributed by atoms with Gasteiger partial charge in [0.15, 0.2) is 11.6 Å². The first-order valence-corrected chi connectivity index (χ1v) is 7.26. The van der Waals surface area contributed by atoms with Gasteiger partial charge in [-0.1, -0.05) is 0 Å². The molecular weight excluding hydrogens is 272 g/mol. The van der Waals surface area contributed by atoms with E-state index in [1.807, 2.05) is 0 Å². The van der Waals surface area contributed by atoms with E-state index in [1.54, 1.807) is 31.4 Å². The van der Waals surface area contributed by atoms with Gasteiger partial charge < -0.3 is 19.3 Å². The molecule has 1 N–H and O–H groups in total. The zero-order valence-corrected chi connectivity index (χ0v) is 12.1. The quantitative estimate of drug-likeness (QED) is 0.862. The molecule has 1 saturated carbocycles. The van der Waals surface area contributed by atoms with Crippen LogP contribution in [0.4, 0.5) is 0 Å². The largest absolute Gasteiger partial charge is 0.497 e. The summed E-state index contributed by atoms with van der Waals surface area (Å²) < 4.78 is 16.3. The Balaban J connectivity index is 1.71. The molecule has 1 aromatic carbocycles. The molecule has 0 amide bonds. The lowest BCUT2D eigenvalue weighted by molar-refractivity contribution is -0.195. The van der Waals surface area contributed by atoms with Gasteiger partial charge in [-0.3, -0.25) is 4.79 Å². The molecule has 1 aliphatic carbocycles. The second-order valence-corrected chi connectivity index (χ2v) is 5.70. The van der Waals surface area contributed by atoms with Crippen molar-refractivity contribution in [3.63, 3.8) is 0 Å². The van der Waals surface area contributed by atoms with Crippen LogP contribution in [0, 0.1) is 0 Å². The molecular formula is C16H20O5. The van der Waals surface area contributed by atoms with E-state index < -0.39 is 11.4 Å². The fourth-order valence-electron chi connectivity index (χ4n) is 3.07. The van der Waals surface area contributed by atoms with E-state index >= 15 is 0 Å². The lowest BCUT2D eigenvalue weighted by Gasteiger charge is -2.39. The molecule has 0 atom stereocenters. The summed E-state index contributed by atoms with van der Waals surface area (Å²) in [5.74, 6) is -0.126. The molecule has 1 aromatic rings. The van der Waals surface area contributed by atoms with Gasteiger partial charge in [0.05, 0.1) is 20.3 Å². The highest BCUT2D eigenvalue weighted by atomic mass is 16.7. The Kier molecular flexibility index (Phi) is 3.73. The van der Waals surface area contributed by atoms with Crippen molar-refractivity contribution in [2.45, 2.75) is 37.1 Å². The molecule has 114 valence electrons. The van der Waals surface area contributed by atoms with Crippen LogP contribution in [0.1, 0.15) is 36.0 Å². The van der Waals surface area contributed by atoms with E-state index in [9.17, 15) is 9.90 Å². The van der Waals surface area contributed by atoms with Gasteiger partial charge in [-0.05, 0) is 37.1 Å². The van der Waals surface area contributed by atoms with Crippen molar-refractivity contribution in [2.24, 2.45) is 0 Å². The van der Waals surface area contributed by atoms with Gasteiger partial charge in [0, 0.05) is 18.4 Å². The zero-order valence-electron chi connectivity index (χ0n) is 12.1. The minimum Gasteiger partial charge on any atom is -0.497 e. The molecule has 2 fully saturated rings. The predicted octanol–water partition coefficient (Wildman–Crippen LogP) is 1.93. The number of rotatable bonds is 3.